The number of aliphatic carboxylic acids is 1. The molecular weight excluding hydrogens is 256 g/mol. The largest absolute Gasteiger partial charge is 0.480 e. The van der Waals surface area contributed by atoms with Crippen LogP contribution in [0.2, 0.25) is 0 Å². The summed E-state index contributed by atoms with van der Waals surface area (Å²) in [6.07, 6.45) is 0.664. The Hall–Kier alpha value is -1.11. The Kier molecular flexibility index (Phi) is 8.36. The topological polar surface area (TPSA) is 95.5 Å². The van der Waals surface area contributed by atoms with Crippen LogP contribution in [-0.4, -0.2) is 45.4 Å². The van der Waals surface area contributed by atoms with E-state index < -0.39 is 28.8 Å². The highest BCUT2D eigenvalue weighted by Gasteiger charge is 2.24. The molecule has 18 heavy (non-hydrogen) atoms. The zero-order chi connectivity index (χ0) is 14.1. The van der Waals surface area contributed by atoms with E-state index >= 15 is 0 Å². The number of urea groups is 1. The standard InChI is InChI=1S/C11H22N2O4S/c1-4-8(3)9(10(14)15)13-11(16)12-6-7-18(17)5-2/h8-9H,4-7H2,1-3H3,(H,14,15)(H2,12,13,16)/t8-,9-,18?/m0/s1. The quantitative estimate of drug-likeness (QED) is 0.604. The van der Waals surface area contributed by atoms with Crippen molar-refractivity contribution in [1.82, 2.24) is 10.6 Å². The molecule has 106 valence electrons. The van der Waals surface area contributed by atoms with E-state index in [1.54, 1.807) is 13.8 Å². The molecule has 0 aliphatic carbocycles. The van der Waals surface area contributed by atoms with Crippen LogP contribution in [0.1, 0.15) is 27.2 Å². The molecule has 0 aliphatic heterocycles. The second-order valence-corrected chi connectivity index (χ2v) is 5.90. The number of carboxylic acid groups (broad SMARTS) is 1. The van der Waals surface area contributed by atoms with E-state index in [1.807, 2.05) is 6.92 Å². The summed E-state index contributed by atoms with van der Waals surface area (Å²) in [5.41, 5.74) is 0. The number of nitrogens with one attached hydrogen (secondary N) is 2. The molecule has 0 fully saturated rings. The van der Waals surface area contributed by atoms with Crippen molar-refractivity contribution in [2.45, 2.75) is 33.2 Å². The molecule has 2 amide bonds. The highest BCUT2D eigenvalue weighted by molar-refractivity contribution is 7.84. The van der Waals surface area contributed by atoms with Crippen LogP contribution in [0.15, 0.2) is 0 Å². The number of rotatable bonds is 8. The smallest absolute Gasteiger partial charge is 0.326 e. The highest BCUT2D eigenvalue weighted by Crippen LogP contribution is 2.07. The maximum Gasteiger partial charge on any atom is 0.326 e. The molecule has 0 rings (SSSR count). The normalized spacial score (nSPS) is 15.5. The Morgan fingerprint density at radius 2 is 1.94 bits per heavy atom. The molecule has 0 saturated heterocycles. The lowest BCUT2D eigenvalue weighted by atomic mass is 9.99. The fourth-order valence-corrected chi connectivity index (χ4v) is 1.92. The minimum atomic E-state index is -1.04. The number of amides is 2. The number of hydrogen-bond donors (Lipinski definition) is 3. The zero-order valence-corrected chi connectivity index (χ0v) is 11.9. The minimum Gasteiger partial charge on any atom is -0.480 e. The number of carbonyl (C=O) groups is 2. The Labute approximate surface area is 110 Å². The first kappa shape index (κ1) is 16.9. The van der Waals surface area contributed by atoms with Gasteiger partial charge in [0.1, 0.15) is 6.04 Å². The van der Waals surface area contributed by atoms with E-state index in [9.17, 15) is 13.8 Å². The molecule has 3 atom stereocenters. The Morgan fingerprint density at radius 1 is 1.33 bits per heavy atom. The summed E-state index contributed by atoms with van der Waals surface area (Å²) < 4.78 is 11.1. The number of carbonyl (C=O) groups excluding carboxylic acids is 1. The summed E-state index contributed by atoms with van der Waals surface area (Å²) in [5, 5.41) is 13.9. The van der Waals surface area contributed by atoms with E-state index in [2.05, 4.69) is 10.6 Å². The van der Waals surface area contributed by atoms with Gasteiger partial charge in [0.15, 0.2) is 0 Å². The van der Waals surface area contributed by atoms with E-state index in [0.717, 1.165) is 0 Å². The van der Waals surface area contributed by atoms with Gasteiger partial charge in [-0.3, -0.25) is 4.21 Å². The lowest BCUT2D eigenvalue weighted by Crippen LogP contribution is -2.49. The monoisotopic (exact) mass is 278 g/mol. The molecule has 6 nitrogen and oxygen atoms in total. The molecule has 0 bridgehead atoms. The first-order valence-corrected chi connectivity index (χ1v) is 7.53. The molecular formula is C11H22N2O4S. The van der Waals surface area contributed by atoms with Crippen molar-refractivity contribution < 1.29 is 18.9 Å². The van der Waals surface area contributed by atoms with Crippen LogP contribution >= 0.6 is 0 Å². The van der Waals surface area contributed by atoms with Crippen LogP contribution in [0, 0.1) is 5.92 Å². The lowest BCUT2D eigenvalue weighted by Gasteiger charge is -2.20. The minimum absolute atomic E-state index is 0.141. The second kappa shape index (κ2) is 8.91. The summed E-state index contributed by atoms with van der Waals surface area (Å²) in [5.74, 6) is -0.256. The van der Waals surface area contributed by atoms with Crippen molar-refractivity contribution in [3.05, 3.63) is 0 Å². The van der Waals surface area contributed by atoms with Crippen molar-refractivity contribution in [2.24, 2.45) is 5.92 Å². The molecule has 0 radical (unpaired) electrons. The number of carboxylic acids is 1. The van der Waals surface area contributed by atoms with Gasteiger partial charge in [-0.2, -0.15) is 0 Å². The predicted octanol–water partition coefficient (Wildman–Crippen LogP) is 0.554. The van der Waals surface area contributed by atoms with Gasteiger partial charge >= 0.3 is 12.0 Å². The summed E-state index contributed by atoms with van der Waals surface area (Å²) in [6, 6.07) is -1.43. The van der Waals surface area contributed by atoms with Gasteiger partial charge in [-0.1, -0.05) is 27.2 Å². The molecule has 7 heteroatoms. The molecule has 0 aromatic heterocycles. The summed E-state index contributed by atoms with van der Waals surface area (Å²) in [7, 11) is -0.934. The Balaban J connectivity index is 4.11. The van der Waals surface area contributed by atoms with E-state index in [1.165, 1.54) is 0 Å². The third-order valence-corrected chi connectivity index (χ3v) is 4.01. The molecule has 0 aromatic rings. The number of hydrogen-bond acceptors (Lipinski definition) is 3. The van der Waals surface area contributed by atoms with Gasteiger partial charge in [-0.05, 0) is 5.92 Å². The predicted molar refractivity (Wildman–Crippen MR) is 71.0 cm³/mol. The van der Waals surface area contributed by atoms with Gasteiger partial charge in [-0.25, -0.2) is 9.59 Å². The van der Waals surface area contributed by atoms with Gasteiger partial charge < -0.3 is 15.7 Å². The van der Waals surface area contributed by atoms with Crippen molar-refractivity contribution in [1.29, 1.82) is 0 Å². The van der Waals surface area contributed by atoms with Crippen LogP contribution in [-0.2, 0) is 15.6 Å². The van der Waals surface area contributed by atoms with Crippen LogP contribution < -0.4 is 10.6 Å². The van der Waals surface area contributed by atoms with Gasteiger partial charge in [-0.15, -0.1) is 0 Å². The highest BCUT2D eigenvalue weighted by atomic mass is 32.2. The van der Waals surface area contributed by atoms with E-state index in [-0.39, 0.29) is 12.5 Å². The maximum absolute atomic E-state index is 11.5. The molecule has 0 saturated carbocycles. The van der Waals surface area contributed by atoms with E-state index in [4.69, 9.17) is 5.11 Å². The average Bonchev–Trinajstić information content (AvgIpc) is 2.34. The zero-order valence-electron chi connectivity index (χ0n) is 11.1. The van der Waals surface area contributed by atoms with Crippen LogP contribution in [0.4, 0.5) is 4.79 Å². The second-order valence-electron chi connectivity index (χ2n) is 4.03. The van der Waals surface area contributed by atoms with Crippen LogP contribution in [0.3, 0.4) is 0 Å². The lowest BCUT2D eigenvalue weighted by molar-refractivity contribution is -0.140. The summed E-state index contributed by atoms with van der Waals surface area (Å²) >= 11 is 0. The van der Waals surface area contributed by atoms with Crippen molar-refractivity contribution in [2.75, 3.05) is 18.1 Å². The average molecular weight is 278 g/mol. The van der Waals surface area contributed by atoms with Gasteiger partial charge in [0.2, 0.25) is 0 Å². The van der Waals surface area contributed by atoms with Crippen LogP contribution in [0.5, 0.6) is 0 Å². The Bertz CT molecular complexity index is 309. The molecule has 0 aromatic carbocycles. The third kappa shape index (κ3) is 6.58. The molecule has 0 aliphatic rings. The first-order chi connectivity index (χ1) is 8.42. The van der Waals surface area contributed by atoms with Gasteiger partial charge in [0.25, 0.3) is 0 Å². The summed E-state index contributed by atoms with van der Waals surface area (Å²) in [4.78, 5) is 22.4. The third-order valence-electron chi connectivity index (χ3n) is 2.70. The van der Waals surface area contributed by atoms with Gasteiger partial charge in [0.05, 0.1) is 0 Å². The fourth-order valence-electron chi connectivity index (χ4n) is 1.30. The summed E-state index contributed by atoms with van der Waals surface area (Å²) in [6.45, 7) is 5.72. The SMILES string of the molecule is CC[C@H](C)[C@H](NC(=O)NCCS(=O)CC)C(=O)O. The molecule has 3 N–H and O–H groups in total. The van der Waals surface area contributed by atoms with Crippen molar-refractivity contribution in [3.63, 3.8) is 0 Å². The Morgan fingerprint density at radius 3 is 2.39 bits per heavy atom. The van der Waals surface area contributed by atoms with Gasteiger partial charge in [0, 0.05) is 28.9 Å². The first-order valence-electron chi connectivity index (χ1n) is 6.04. The maximum atomic E-state index is 11.5. The van der Waals surface area contributed by atoms with Crippen LogP contribution in [0.25, 0.3) is 0 Å². The van der Waals surface area contributed by atoms with Crippen molar-refractivity contribution in [3.8, 4) is 0 Å². The van der Waals surface area contributed by atoms with Crippen molar-refractivity contribution >= 4 is 22.8 Å². The fraction of sp³-hybridized carbons (Fsp3) is 0.818. The molecule has 0 spiro atoms. The van der Waals surface area contributed by atoms with E-state index in [0.29, 0.717) is 17.9 Å². The molecule has 1 unspecified atom stereocenters. The molecule has 0 heterocycles.